The summed E-state index contributed by atoms with van der Waals surface area (Å²) in [5.74, 6) is 1.91. The minimum absolute atomic E-state index is 0.0909. The van der Waals surface area contributed by atoms with E-state index in [2.05, 4.69) is 10.3 Å². The van der Waals surface area contributed by atoms with Crippen LogP contribution in [0.3, 0.4) is 0 Å². The van der Waals surface area contributed by atoms with E-state index < -0.39 is 0 Å². The summed E-state index contributed by atoms with van der Waals surface area (Å²) in [5.41, 5.74) is 0. The summed E-state index contributed by atoms with van der Waals surface area (Å²) in [6, 6.07) is 9.40. The van der Waals surface area contributed by atoms with E-state index in [1.54, 1.807) is 6.20 Å². The molecular formula is C14H16N2O3. The minimum Gasteiger partial charge on any atom is -0.493 e. The van der Waals surface area contributed by atoms with Gasteiger partial charge in [-0.3, -0.25) is 4.79 Å². The van der Waals surface area contributed by atoms with Crippen molar-refractivity contribution in [3.8, 4) is 5.75 Å². The molecule has 0 unspecified atom stereocenters. The van der Waals surface area contributed by atoms with Gasteiger partial charge in [0.2, 0.25) is 11.8 Å². The second-order valence-electron chi connectivity index (χ2n) is 4.05. The van der Waals surface area contributed by atoms with Crippen molar-refractivity contribution in [3.63, 3.8) is 0 Å². The molecule has 19 heavy (non-hydrogen) atoms. The van der Waals surface area contributed by atoms with Crippen LogP contribution in [0.4, 0.5) is 0 Å². The molecule has 0 aliphatic rings. The Morgan fingerprint density at radius 3 is 2.84 bits per heavy atom. The van der Waals surface area contributed by atoms with Crippen LogP contribution < -0.4 is 10.1 Å². The van der Waals surface area contributed by atoms with Gasteiger partial charge >= 0.3 is 0 Å². The fourth-order valence-electron chi connectivity index (χ4n) is 1.52. The largest absolute Gasteiger partial charge is 0.493 e. The van der Waals surface area contributed by atoms with E-state index in [0.717, 1.165) is 11.5 Å². The smallest absolute Gasteiger partial charge is 0.223 e. The maximum absolute atomic E-state index is 11.6. The molecule has 0 radical (unpaired) electrons. The van der Waals surface area contributed by atoms with Crippen LogP contribution in [0.2, 0.25) is 0 Å². The van der Waals surface area contributed by atoms with Gasteiger partial charge in [0.25, 0.3) is 0 Å². The number of nitrogens with zero attached hydrogens (tertiary/aromatic N) is 1. The van der Waals surface area contributed by atoms with E-state index in [9.17, 15) is 4.79 Å². The quantitative estimate of drug-likeness (QED) is 0.863. The number of aryl methyl sites for hydroxylation is 1. The molecule has 5 nitrogen and oxygen atoms in total. The van der Waals surface area contributed by atoms with Gasteiger partial charge < -0.3 is 14.5 Å². The molecule has 0 bridgehead atoms. The van der Waals surface area contributed by atoms with Gasteiger partial charge in [-0.1, -0.05) is 18.2 Å². The lowest BCUT2D eigenvalue weighted by atomic mass is 10.3. The molecule has 0 saturated carbocycles. The first kappa shape index (κ1) is 13.1. The molecule has 2 aromatic rings. The van der Waals surface area contributed by atoms with Crippen LogP contribution >= 0.6 is 0 Å². The number of para-hydroxylation sites is 1. The van der Waals surface area contributed by atoms with Crippen molar-refractivity contribution >= 4 is 5.91 Å². The SMILES string of the molecule is Cc1cnc(CNC(=O)CCOc2ccccc2)o1. The lowest BCUT2D eigenvalue weighted by Crippen LogP contribution is -2.24. The van der Waals surface area contributed by atoms with Crippen LogP contribution in [0.25, 0.3) is 0 Å². The predicted octanol–water partition coefficient (Wildman–Crippen LogP) is 2.07. The topological polar surface area (TPSA) is 64.4 Å². The zero-order valence-corrected chi connectivity index (χ0v) is 10.8. The second-order valence-corrected chi connectivity index (χ2v) is 4.05. The van der Waals surface area contributed by atoms with E-state index in [-0.39, 0.29) is 5.91 Å². The molecule has 1 amide bonds. The average molecular weight is 260 g/mol. The molecule has 1 heterocycles. The average Bonchev–Trinajstić information content (AvgIpc) is 2.83. The Kier molecular flexibility index (Phi) is 4.55. The highest BCUT2D eigenvalue weighted by Gasteiger charge is 2.05. The number of oxazole rings is 1. The Balaban J connectivity index is 1.65. The Hall–Kier alpha value is -2.30. The molecule has 0 saturated heterocycles. The summed E-state index contributed by atoms with van der Waals surface area (Å²) in [4.78, 5) is 15.6. The molecule has 0 aliphatic heterocycles. The number of rotatable bonds is 6. The third-order valence-corrected chi connectivity index (χ3v) is 2.45. The zero-order chi connectivity index (χ0) is 13.5. The van der Waals surface area contributed by atoms with Crippen molar-refractivity contribution in [2.24, 2.45) is 0 Å². The first-order chi connectivity index (χ1) is 9.24. The highest BCUT2D eigenvalue weighted by atomic mass is 16.5. The zero-order valence-electron chi connectivity index (χ0n) is 10.8. The molecule has 1 N–H and O–H groups in total. The van der Waals surface area contributed by atoms with Gasteiger partial charge in [0.15, 0.2) is 0 Å². The molecular weight excluding hydrogens is 244 g/mol. The monoisotopic (exact) mass is 260 g/mol. The van der Waals surface area contributed by atoms with E-state index in [4.69, 9.17) is 9.15 Å². The number of benzene rings is 1. The summed E-state index contributed by atoms with van der Waals surface area (Å²) >= 11 is 0. The number of hydrogen-bond donors (Lipinski definition) is 1. The Morgan fingerprint density at radius 1 is 1.37 bits per heavy atom. The summed E-state index contributed by atoms with van der Waals surface area (Å²) in [7, 11) is 0. The number of ether oxygens (including phenoxy) is 1. The fraction of sp³-hybridized carbons (Fsp3) is 0.286. The van der Waals surface area contributed by atoms with Crippen molar-refractivity contribution in [3.05, 3.63) is 48.2 Å². The maximum Gasteiger partial charge on any atom is 0.223 e. The van der Waals surface area contributed by atoms with Gasteiger partial charge in [0.05, 0.1) is 25.8 Å². The molecule has 5 heteroatoms. The molecule has 1 aromatic carbocycles. The van der Waals surface area contributed by atoms with Crippen molar-refractivity contribution in [2.45, 2.75) is 19.9 Å². The van der Waals surface area contributed by atoms with Crippen molar-refractivity contribution in [2.75, 3.05) is 6.61 Å². The van der Waals surface area contributed by atoms with Gasteiger partial charge in [-0.05, 0) is 19.1 Å². The highest BCUT2D eigenvalue weighted by Crippen LogP contribution is 2.08. The van der Waals surface area contributed by atoms with Crippen LogP contribution in [0, 0.1) is 6.92 Å². The lowest BCUT2D eigenvalue weighted by Gasteiger charge is -2.05. The summed E-state index contributed by atoms with van der Waals surface area (Å²) < 4.78 is 10.7. The minimum atomic E-state index is -0.0909. The highest BCUT2D eigenvalue weighted by molar-refractivity contribution is 5.75. The third-order valence-electron chi connectivity index (χ3n) is 2.45. The number of nitrogens with one attached hydrogen (secondary N) is 1. The Bertz CT molecular complexity index is 522. The molecule has 100 valence electrons. The molecule has 0 aliphatic carbocycles. The number of amides is 1. The van der Waals surface area contributed by atoms with Crippen molar-refractivity contribution in [1.82, 2.24) is 10.3 Å². The summed E-state index contributed by atoms with van der Waals surface area (Å²) in [5, 5.41) is 2.72. The number of carbonyl (C=O) groups is 1. The lowest BCUT2D eigenvalue weighted by molar-refractivity contribution is -0.121. The van der Waals surface area contributed by atoms with E-state index in [0.29, 0.717) is 25.5 Å². The van der Waals surface area contributed by atoms with Gasteiger partial charge in [0, 0.05) is 0 Å². The van der Waals surface area contributed by atoms with Gasteiger partial charge in [-0.2, -0.15) is 0 Å². The predicted molar refractivity (Wildman–Crippen MR) is 69.6 cm³/mol. The molecule has 0 atom stereocenters. The van der Waals surface area contributed by atoms with E-state index >= 15 is 0 Å². The van der Waals surface area contributed by atoms with Crippen LogP contribution in [0.1, 0.15) is 18.1 Å². The normalized spacial score (nSPS) is 10.2. The van der Waals surface area contributed by atoms with Crippen molar-refractivity contribution < 1.29 is 13.9 Å². The first-order valence-electron chi connectivity index (χ1n) is 6.10. The Morgan fingerprint density at radius 2 is 2.16 bits per heavy atom. The van der Waals surface area contributed by atoms with Crippen LogP contribution in [0.5, 0.6) is 5.75 Å². The standard InChI is InChI=1S/C14H16N2O3/c1-11-9-16-14(19-11)10-15-13(17)7-8-18-12-5-3-2-4-6-12/h2-6,9H,7-8,10H2,1H3,(H,15,17). The second kappa shape index (κ2) is 6.58. The summed E-state index contributed by atoms with van der Waals surface area (Å²) in [6.07, 6.45) is 1.93. The van der Waals surface area contributed by atoms with Crippen LogP contribution in [-0.2, 0) is 11.3 Å². The maximum atomic E-state index is 11.6. The van der Waals surface area contributed by atoms with Gasteiger partial charge in [-0.25, -0.2) is 4.98 Å². The van der Waals surface area contributed by atoms with Crippen molar-refractivity contribution in [1.29, 1.82) is 0 Å². The van der Waals surface area contributed by atoms with Gasteiger partial charge in [-0.15, -0.1) is 0 Å². The summed E-state index contributed by atoms with van der Waals surface area (Å²) in [6.45, 7) is 2.46. The molecule has 0 spiro atoms. The number of hydrogen-bond acceptors (Lipinski definition) is 4. The molecule has 2 rings (SSSR count). The van der Waals surface area contributed by atoms with Crippen LogP contribution in [-0.4, -0.2) is 17.5 Å². The first-order valence-corrected chi connectivity index (χ1v) is 6.10. The van der Waals surface area contributed by atoms with E-state index in [1.165, 1.54) is 0 Å². The third kappa shape index (κ3) is 4.46. The molecule has 0 fully saturated rings. The fourth-order valence-corrected chi connectivity index (χ4v) is 1.52. The van der Waals surface area contributed by atoms with Crippen LogP contribution in [0.15, 0.2) is 40.9 Å². The molecule has 1 aromatic heterocycles. The number of aromatic nitrogens is 1. The van der Waals surface area contributed by atoms with E-state index in [1.807, 2.05) is 37.3 Å². The Labute approximate surface area is 111 Å². The number of carbonyl (C=O) groups excluding carboxylic acids is 1. The van der Waals surface area contributed by atoms with Gasteiger partial charge in [0.1, 0.15) is 11.5 Å².